The Hall–Kier alpha value is -3.36. The minimum atomic E-state index is -0.432. The fourth-order valence-electron chi connectivity index (χ4n) is 5.50. The number of carbonyl (C=O) groups excluding carboxylic acids is 4. The molecule has 5 rings (SSSR count). The van der Waals surface area contributed by atoms with E-state index < -0.39 is 12.1 Å². The molecule has 3 aliphatic heterocycles. The van der Waals surface area contributed by atoms with E-state index in [4.69, 9.17) is 0 Å². The van der Waals surface area contributed by atoms with Gasteiger partial charge in [0.05, 0.1) is 24.9 Å². The summed E-state index contributed by atoms with van der Waals surface area (Å²) in [6, 6.07) is 18.8. The average molecular weight is 489 g/mol. The lowest BCUT2D eigenvalue weighted by atomic mass is 10.1. The van der Waals surface area contributed by atoms with E-state index >= 15 is 0 Å². The Balaban J connectivity index is 1.12. The first-order valence-corrected chi connectivity index (χ1v) is 12.8. The second kappa shape index (κ2) is 10.7. The van der Waals surface area contributed by atoms with E-state index in [1.807, 2.05) is 60.7 Å². The minimum absolute atomic E-state index is 0.117. The lowest BCUT2D eigenvalue weighted by Gasteiger charge is -2.38. The van der Waals surface area contributed by atoms with Crippen molar-refractivity contribution in [1.82, 2.24) is 19.6 Å². The lowest BCUT2D eigenvalue weighted by Crippen LogP contribution is -2.56. The third kappa shape index (κ3) is 5.10. The monoisotopic (exact) mass is 488 g/mol. The van der Waals surface area contributed by atoms with E-state index in [2.05, 4.69) is 9.80 Å². The molecule has 8 heteroatoms. The van der Waals surface area contributed by atoms with Crippen LogP contribution in [0.3, 0.4) is 0 Å². The molecule has 36 heavy (non-hydrogen) atoms. The van der Waals surface area contributed by atoms with Gasteiger partial charge in [-0.1, -0.05) is 60.7 Å². The van der Waals surface area contributed by atoms with Gasteiger partial charge in [0.15, 0.2) is 0 Å². The van der Waals surface area contributed by atoms with Crippen molar-refractivity contribution in [3.05, 3.63) is 71.8 Å². The Labute approximate surface area is 211 Å². The van der Waals surface area contributed by atoms with Gasteiger partial charge in [-0.3, -0.25) is 38.8 Å². The number of rotatable bonds is 8. The lowest BCUT2D eigenvalue weighted by molar-refractivity contribution is -0.142. The van der Waals surface area contributed by atoms with Gasteiger partial charge in [0.2, 0.25) is 23.6 Å². The Morgan fingerprint density at radius 2 is 0.917 bits per heavy atom. The Morgan fingerprint density at radius 1 is 0.556 bits per heavy atom. The van der Waals surface area contributed by atoms with Gasteiger partial charge < -0.3 is 0 Å². The van der Waals surface area contributed by atoms with Crippen molar-refractivity contribution in [2.24, 2.45) is 0 Å². The molecule has 0 aromatic heterocycles. The molecule has 3 heterocycles. The number of nitrogens with zero attached hydrogens (tertiary/aromatic N) is 4. The number of piperazine rings is 1. The molecule has 0 aliphatic carbocycles. The van der Waals surface area contributed by atoms with Crippen LogP contribution in [-0.2, 0) is 32.0 Å². The van der Waals surface area contributed by atoms with Crippen LogP contribution in [0.25, 0.3) is 0 Å². The Kier molecular flexibility index (Phi) is 7.25. The SMILES string of the molecule is O=C1C[C@@H](N2CCN([C@@H]3CC(=O)N(CCc4ccccc4)C3=O)CC2)C(=O)N1CCc1ccccc1. The molecule has 4 amide bonds. The van der Waals surface area contributed by atoms with Crippen LogP contribution in [0.1, 0.15) is 24.0 Å². The van der Waals surface area contributed by atoms with E-state index in [9.17, 15) is 19.2 Å². The van der Waals surface area contributed by atoms with Gasteiger partial charge in [-0.25, -0.2) is 0 Å². The maximum atomic E-state index is 13.0. The summed E-state index contributed by atoms with van der Waals surface area (Å²) < 4.78 is 0. The molecule has 0 radical (unpaired) electrons. The van der Waals surface area contributed by atoms with Crippen LogP contribution in [0.15, 0.2) is 60.7 Å². The molecule has 2 atom stereocenters. The van der Waals surface area contributed by atoms with Gasteiger partial charge in [-0.15, -0.1) is 0 Å². The molecule has 0 unspecified atom stereocenters. The number of imide groups is 2. The molecule has 2 aromatic rings. The molecule has 188 valence electrons. The smallest absolute Gasteiger partial charge is 0.247 e. The molecule has 3 fully saturated rings. The summed E-state index contributed by atoms with van der Waals surface area (Å²) in [4.78, 5) is 58.2. The molecule has 3 saturated heterocycles. The highest BCUT2D eigenvalue weighted by atomic mass is 16.2. The first kappa shape index (κ1) is 24.3. The molecule has 0 spiro atoms. The van der Waals surface area contributed by atoms with Crippen molar-refractivity contribution in [3.63, 3.8) is 0 Å². The van der Waals surface area contributed by atoms with E-state index in [0.29, 0.717) is 52.1 Å². The average Bonchev–Trinajstić information content (AvgIpc) is 3.36. The zero-order valence-corrected chi connectivity index (χ0v) is 20.4. The third-order valence-electron chi connectivity index (χ3n) is 7.60. The van der Waals surface area contributed by atoms with Gasteiger partial charge in [-0.2, -0.15) is 0 Å². The summed E-state index contributed by atoms with van der Waals surface area (Å²) in [5, 5.41) is 0. The molecule has 0 N–H and O–H groups in total. The second-order valence-corrected chi connectivity index (χ2v) is 9.75. The van der Waals surface area contributed by atoms with Crippen molar-refractivity contribution in [3.8, 4) is 0 Å². The zero-order valence-electron chi connectivity index (χ0n) is 20.4. The summed E-state index contributed by atoms with van der Waals surface area (Å²) in [6.07, 6.45) is 1.72. The number of amides is 4. The van der Waals surface area contributed by atoms with Crippen LogP contribution < -0.4 is 0 Å². The summed E-state index contributed by atoms with van der Waals surface area (Å²) in [6.45, 7) is 3.18. The normalized spacial score (nSPS) is 23.8. The van der Waals surface area contributed by atoms with Gasteiger partial charge in [0, 0.05) is 39.3 Å². The maximum Gasteiger partial charge on any atom is 0.247 e. The standard InChI is InChI=1S/C28H32N4O4/c33-25-19-23(27(35)31(25)13-11-21-7-3-1-4-8-21)29-15-17-30(18-16-29)24-20-26(34)32(28(24)36)14-12-22-9-5-2-6-10-22/h1-10,23-24H,11-20H2/t23-,24-/m1/s1. The Morgan fingerprint density at radius 3 is 1.28 bits per heavy atom. The highest BCUT2D eigenvalue weighted by Gasteiger charge is 2.45. The number of hydrogen-bond donors (Lipinski definition) is 0. The predicted octanol–water partition coefficient (Wildman–Crippen LogP) is 1.34. The largest absolute Gasteiger partial charge is 0.289 e. The van der Waals surface area contributed by atoms with Gasteiger partial charge in [-0.05, 0) is 24.0 Å². The molecule has 8 nitrogen and oxygen atoms in total. The molecule has 0 bridgehead atoms. The van der Waals surface area contributed by atoms with Gasteiger partial charge in [0.25, 0.3) is 0 Å². The predicted molar refractivity (Wildman–Crippen MR) is 134 cm³/mol. The minimum Gasteiger partial charge on any atom is -0.289 e. The van der Waals surface area contributed by atoms with Crippen LogP contribution in [0.4, 0.5) is 0 Å². The van der Waals surface area contributed by atoms with Crippen LogP contribution >= 0.6 is 0 Å². The van der Waals surface area contributed by atoms with E-state index in [1.54, 1.807) is 0 Å². The van der Waals surface area contributed by atoms with Crippen LogP contribution in [0.2, 0.25) is 0 Å². The fraction of sp³-hybridized carbons (Fsp3) is 0.429. The summed E-state index contributed by atoms with van der Waals surface area (Å²) in [5.41, 5.74) is 2.20. The number of hydrogen-bond acceptors (Lipinski definition) is 6. The topological polar surface area (TPSA) is 81.2 Å². The molecular weight excluding hydrogens is 456 g/mol. The van der Waals surface area contributed by atoms with Crippen LogP contribution in [0, 0.1) is 0 Å². The number of benzene rings is 2. The second-order valence-electron chi connectivity index (χ2n) is 9.75. The molecular formula is C28H32N4O4. The molecule has 2 aromatic carbocycles. The van der Waals surface area contributed by atoms with Gasteiger partial charge >= 0.3 is 0 Å². The first-order valence-electron chi connectivity index (χ1n) is 12.8. The van der Waals surface area contributed by atoms with E-state index in [1.165, 1.54) is 9.80 Å². The van der Waals surface area contributed by atoms with E-state index in [0.717, 1.165) is 11.1 Å². The maximum absolute atomic E-state index is 13.0. The van der Waals surface area contributed by atoms with Crippen molar-refractivity contribution >= 4 is 23.6 Å². The zero-order chi connectivity index (χ0) is 25.1. The summed E-state index contributed by atoms with van der Waals surface area (Å²) >= 11 is 0. The number of carbonyl (C=O) groups is 4. The van der Waals surface area contributed by atoms with Gasteiger partial charge in [0.1, 0.15) is 0 Å². The first-order chi connectivity index (χ1) is 17.5. The molecule has 0 saturated carbocycles. The Bertz CT molecular complexity index is 1030. The third-order valence-corrected chi connectivity index (χ3v) is 7.60. The van der Waals surface area contributed by atoms with E-state index in [-0.39, 0.29) is 36.5 Å². The fourth-order valence-corrected chi connectivity index (χ4v) is 5.50. The van der Waals surface area contributed by atoms with Crippen molar-refractivity contribution in [2.75, 3.05) is 39.3 Å². The quantitative estimate of drug-likeness (QED) is 0.522. The van der Waals surface area contributed by atoms with Crippen molar-refractivity contribution in [2.45, 2.75) is 37.8 Å². The number of likely N-dealkylation sites (tertiary alicyclic amines) is 2. The summed E-state index contributed by atoms with van der Waals surface area (Å²) in [5.74, 6) is -0.477. The van der Waals surface area contributed by atoms with Crippen LogP contribution in [-0.4, -0.2) is 94.6 Å². The van der Waals surface area contributed by atoms with Crippen molar-refractivity contribution < 1.29 is 19.2 Å². The molecule has 3 aliphatic rings. The summed E-state index contributed by atoms with van der Waals surface area (Å²) in [7, 11) is 0. The van der Waals surface area contributed by atoms with Crippen LogP contribution in [0.5, 0.6) is 0 Å². The van der Waals surface area contributed by atoms with Crippen molar-refractivity contribution in [1.29, 1.82) is 0 Å². The highest BCUT2D eigenvalue weighted by molar-refractivity contribution is 6.06. The highest BCUT2D eigenvalue weighted by Crippen LogP contribution is 2.24.